The Bertz CT molecular complexity index is 984. The predicted molar refractivity (Wildman–Crippen MR) is 114 cm³/mol. The van der Waals surface area contributed by atoms with Crippen molar-refractivity contribution in [3.63, 3.8) is 0 Å². The Morgan fingerprint density at radius 2 is 1.89 bits per heavy atom. The predicted octanol–water partition coefficient (Wildman–Crippen LogP) is 5.06. The lowest BCUT2D eigenvalue weighted by Crippen LogP contribution is -2.07. The molecule has 1 heterocycles. The van der Waals surface area contributed by atoms with Gasteiger partial charge in [-0.25, -0.2) is 4.98 Å². The summed E-state index contributed by atoms with van der Waals surface area (Å²) >= 11 is 7.35. The second-order valence-corrected chi connectivity index (χ2v) is 7.42. The monoisotopic (exact) mass is 414 g/mol. The van der Waals surface area contributed by atoms with E-state index in [-0.39, 0.29) is 5.91 Å². The molecule has 0 saturated carbocycles. The highest BCUT2D eigenvalue weighted by atomic mass is 35.5. The lowest BCUT2D eigenvalue weighted by atomic mass is 10.1. The van der Waals surface area contributed by atoms with Crippen molar-refractivity contribution in [1.29, 1.82) is 0 Å². The molecule has 1 aromatic heterocycles. The molecule has 0 fully saturated rings. The number of aromatic nitrogens is 1. The van der Waals surface area contributed by atoms with E-state index >= 15 is 0 Å². The number of rotatable bonds is 7. The molecule has 0 saturated heterocycles. The fourth-order valence-electron chi connectivity index (χ4n) is 2.53. The number of benzene rings is 2. The number of carbonyl (C=O) groups excluding carboxylic acids is 1. The third-order valence-electron chi connectivity index (χ3n) is 3.91. The molecule has 3 aromatic rings. The normalized spacial score (nSPS) is 10.8. The van der Waals surface area contributed by atoms with Crippen LogP contribution in [0.15, 0.2) is 54.7 Å². The van der Waals surface area contributed by atoms with Crippen LogP contribution in [0.2, 0.25) is 5.02 Å². The molecular formula is C21H19ClN2O3S. The van der Waals surface area contributed by atoms with Gasteiger partial charge in [0.25, 0.3) is 0 Å². The molecule has 5 nitrogen and oxygen atoms in total. The van der Waals surface area contributed by atoms with Gasteiger partial charge in [-0.2, -0.15) is 0 Å². The summed E-state index contributed by atoms with van der Waals surface area (Å²) in [7, 11) is 3.15. The van der Waals surface area contributed by atoms with Gasteiger partial charge < -0.3 is 9.47 Å². The van der Waals surface area contributed by atoms with Gasteiger partial charge in [0.15, 0.2) is 16.6 Å². The first-order valence-electron chi connectivity index (χ1n) is 8.47. The van der Waals surface area contributed by atoms with Gasteiger partial charge in [-0.1, -0.05) is 29.8 Å². The number of hydrogen-bond donors (Lipinski definition) is 1. The molecule has 0 aliphatic rings. The van der Waals surface area contributed by atoms with E-state index in [0.717, 1.165) is 22.4 Å². The summed E-state index contributed by atoms with van der Waals surface area (Å²) in [6.07, 6.45) is 5.68. The molecule has 1 amide bonds. The van der Waals surface area contributed by atoms with Crippen LogP contribution in [0, 0.1) is 0 Å². The Morgan fingerprint density at radius 1 is 1.14 bits per heavy atom. The summed E-state index contributed by atoms with van der Waals surface area (Å²) in [5.41, 5.74) is 1.97. The van der Waals surface area contributed by atoms with Crippen molar-refractivity contribution in [3.05, 3.63) is 75.8 Å². The smallest absolute Gasteiger partial charge is 0.250 e. The number of nitrogens with zero attached hydrogens (tertiary/aromatic N) is 1. The van der Waals surface area contributed by atoms with Gasteiger partial charge >= 0.3 is 0 Å². The van der Waals surface area contributed by atoms with Crippen molar-refractivity contribution < 1.29 is 14.3 Å². The summed E-state index contributed by atoms with van der Waals surface area (Å²) < 4.78 is 10.5. The van der Waals surface area contributed by atoms with E-state index in [2.05, 4.69) is 10.3 Å². The molecule has 144 valence electrons. The number of carbonyl (C=O) groups is 1. The SMILES string of the molecule is COc1ccc(/C=C/C(=O)Nc2ncc(Cc3ccc(Cl)cc3)s2)cc1OC. The molecule has 28 heavy (non-hydrogen) atoms. The maximum absolute atomic E-state index is 12.2. The summed E-state index contributed by atoms with van der Waals surface area (Å²) in [6.45, 7) is 0. The number of hydrogen-bond acceptors (Lipinski definition) is 5. The van der Waals surface area contributed by atoms with Crippen LogP contribution in [0.25, 0.3) is 6.08 Å². The Morgan fingerprint density at radius 3 is 2.61 bits per heavy atom. The molecule has 2 aromatic carbocycles. The van der Waals surface area contributed by atoms with Crippen LogP contribution in [0.5, 0.6) is 11.5 Å². The second-order valence-electron chi connectivity index (χ2n) is 5.87. The molecule has 0 atom stereocenters. The Balaban J connectivity index is 1.60. The number of amides is 1. The zero-order valence-corrected chi connectivity index (χ0v) is 17.0. The number of anilines is 1. The van der Waals surface area contributed by atoms with Crippen LogP contribution < -0.4 is 14.8 Å². The third kappa shape index (κ3) is 5.34. The van der Waals surface area contributed by atoms with E-state index in [1.54, 1.807) is 38.6 Å². The minimum atomic E-state index is -0.248. The number of thiazole rings is 1. The number of ether oxygens (including phenoxy) is 2. The van der Waals surface area contributed by atoms with Crippen LogP contribution in [-0.2, 0) is 11.2 Å². The van der Waals surface area contributed by atoms with E-state index in [4.69, 9.17) is 21.1 Å². The zero-order valence-electron chi connectivity index (χ0n) is 15.4. The van der Waals surface area contributed by atoms with Crippen LogP contribution >= 0.6 is 22.9 Å². The van der Waals surface area contributed by atoms with E-state index in [0.29, 0.717) is 21.7 Å². The van der Waals surface area contributed by atoms with Crippen molar-refractivity contribution in [3.8, 4) is 11.5 Å². The quantitative estimate of drug-likeness (QED) is 0.549. The van der Waals surface area contributed by atoms with Crippen LogP contribution in [-0.4, -0.2) is 25.1 Å². The van der Waals surface area contributed by atoms with Crippen molar-refractivity contribution in [2.45, 2.75) is 6.42 Å². The molecule has 3 rings (SSSR count). The molecule has 0 bridgehead atoms. The Kier molecular flexibility index (Phi) is 6.68. The van der Waals surface area contributed by atoms with Gasteiger partial charge in [0.2, 0.25) is 5.91 Å². The lowest BCUT2D eigenvalue weighted by Gasteiger charge is -2.07. The minimum absolute atomic E-state index is 0.248. The number of nitrogens with one attached hydrogen (secondary N) is 1. The molecule has 0 radical (unpaired) electrons. The van der Waals surface area contributed by atoms with E-state index in [1.165, 1.54) is 17.4 Å². The van der Waals surface area contributed by atoms with Crippen LogP contribution in [0.4, 0.5) is 5.13 Å². The largest absolute Gasteiger partial charge is 0.493 e. The topological polar surface area (TPSA) is 60.5 Å². The standard InChI is InChI=1S/C21H19ClN2O3S/c1-26-18-9-5-15(12-19(18)27-2)6-10-20(25)24-21-23-13-17(28-21)11-14-3-7-16(22)8-4-14/h3-10,12-13H,11H2,1-2H3,(H,23,24,25)/b10-6+. The highest BCUT2D eigenvalue weighted by molar-refractivity contribution is 7.15. The summed E-state index contributed by atoms with van der Waals surface area (Å²) in [6, 6.07) is 13.1. The lowest BCUT2D eigenvalue weighted by molar-refractivity contribution is -0.111. The average Bonchev–Trinajstić information content (AvgIpc) is 3.14. The summed E-state index contributed by atoms with van der Waals surface area (Å²) in [4.78, 5) is 17.5. The second kappa shape index (κ2) is 9.39. The molecule has 7 heteroatoms. The molecular weight excluding hydrogens is 396 g/mol. The molecule has 1 N–H and O–H groups in total. The molecule has 0 aliphatic heterocycles. The van der Waals surface area contributed by atoms with Gasteiger partial charge in [0.05, 0.1) is 14.2 Å². The van der Waals surface area contributed by atoms with Gasteiger partial charge in [0, 0.05) is 28.6 Å². The third-order valence-corrected chi connectivity index (χ3v) is 5.07. The molecule has 0 aliphatic carbocycles. The van der Waals surface area contributed by atoms with Crippen molar-refractivity contribution in [1.82, 2.24) is 4.98 Å². The summed E-state index contributed by atoms with van der Waals surface area (Å²) in [5.74, 6) is 0.999. The van der Waals surface area contributed by atoms with Gasteiger partial charge in [-0.3, -0.25) is 10.1 Å². The number of halogens is 1. The fourth-order valence-corrected chi connectivity index (χ4v) is 3.50. The van der Waals surface area contributed by atoms with Gasteiger partial charge in [-0.05, 0) is 41.5 Å². The van der Waals surface area contributed by atoms with Gasteiger partial charge in [-0.15, -0.1) is 11.3 Å². The van der Waals surface area contributed by atoms with Crippen LogP contribution in [0.1, 0.15) is 16.0 Å². The maximum atomic E-state index is 12.2. The van der Waals surface area contributed by atoms with Crippen molar-refractivity contribution >= 4 is 40.1 Å². The van der Waals surface area contributed by atoms with E-state index in [9.17, 15) is 4.79 Å². The number of methoxy groups -OCH3 is 2. The Labute approximate surface area is 172 Å². The van der Waals surface area contributed by atoms with Crippen molar-refractivity contribution in [2.75, 3.05) is 19.5 Å². The average molecular weight is 415 g/mol. The Hall–Kier alpha value is -2.83. The molecule has 0 unspecified atom stereocenters. The zero-order chi connectivity index (χ0) is 19.9. The maximum Gasteiger partial charge on any atom is 0.250 e. The van der Waals surface area contributed by atoms with Crippen LogP contribution in [0.3, 0.4) is 0 Å². The van der Waals surface area contributed by atoms with Gasteiger partial charge in [0.1, 0.15) is 0 Å². The van der Waals surface area contributed by atoms with E-state index < -0.39 is 0 Å². The highest BCUT2D eigenvalue weighted by Gasteiger charge is 2.07. The first-order valence-corrected chi connectivity index (χ1v) is 9.67. The van der Waals surface area contributed by atoms with Crippen molar-refractivity contribution in [2.24, 2.45) is 0 Å². The highest BCUT2D eigenvalue weighted by Crippen LogP contribution is 2.28. The molecule has 0 spiro atoms. The first kappa shape index (κ1) is 19.9. The minimum Gasteiger partial charge on any atom is -0.493 e. The van der Waals surface area contributed by atoms with E-state index in [1.807, 2.05) is 30.3 Å². The fraction of sp³-hybridized carbons (Fsp3) is 0.143. The first-order chi connectivity index (χ1) is 13.6. The summed E-state index contributed by atoms with van der Waals surface area (Å²) in [5, 5.41) is 4.05.